The van der Waals surface area contributed by atoms with Crippen LogP contribution in [0.4, 0.5) is 0 Å². The maximum atomic E-state index is 12.9. The van der Waals surface area contributed by atoms with Gasteiger partial charge in [-0.25, -0.2) is 13.1 Å². The molecule has 136 valence electrons. The van der Waals surface area contributed by atoms with E-state index in [0.29, 0.717) is 38.8 Å². The number of hydrogen-bond acceptors (Lipinski definition) is 7. The number of hydrogen-bond donors (Lipinski definition) is 0. The van der Waals surface area contributed by atoms with Crippen molar-refractivity contribution >= 4 is 9.84 Å². The third kappa shape index (κ3) is 2.07. The molecule has 0 saturated heterocycles. The van der Waals surface area contributed by atoms with E-state index in [2.05, 4.69) is 26.7 Å². The molecule has 0 spiro atoms. The lowest BCUT2D eigenvalue weighted by atomic mass is 10.0. The Kier molecular flexibility index (Phi) is 3.25. The first kappa shape index (κ1) is 16.3. The molecule has 10 heteroatoms. The van der Waals surface area contributed by atoms with Crippen LogP contribution in [0.1, 0.15) is 5.56 Å². The van der Waals surface area contributed by atoms with Gasteiger partial charge in [0.2, 0.25) is 9.84 Å². The molecular weight excluding hydrogens is 378 g/mol. The summed E-state index contributed by atoms with van der Waals surface area (Å²) >= 11 is 0. The van der Waals surface area contributed by atoms with E-state index in [1.54, 1.807) is 43.4 Å². The maximum absolute atomic E-state index is 12.9. The Morgan fingerprint density at radius 2 is 1.86 bits per heavy atom. The minimum absolute atomic E-state index is 0.214. The fraction of sp³-hybridized carbons (Fsp3) is 0.0556. The van der Waals surface area contributed by atoms with Crippen molar-refractivity contribution in [3.8, 4) is 34.4 Å². The van der Waals surface area contributed by atoms with E-state index in [0.717, 1.165) is 0 Å². The zero-order valence-electron chi connectivity index (χ0n) is 14.5. The van der Waals surface area contributed by atoms with Crippen molar-refractivity contribution in [2.24, 2.45) is 7.05 Å². The van der Waals surface area contributed by atoms with Gasteiger partial charge in [0.15, 0.2) is 11.6 Å². The molecule has 2 aromatic heterocycles. The Labute approximate surface area is 159 Å². The SMILES string of the molecule is Cn1ncc(C#N)c1-n1nnnc1-c1ccc2c(c1)S(=O)(=O)c1ccccc1-2. The van der Waals surface area contributed by atoms with Gasteiger partial charge in [0.1, 0.15) is 11.6 Å². The van der Waals surface area contributed by atoms with E-state index in [1.807, 2.05) is 6.07 Å². The quantitative estimate of drug-likeness (QED) is 0.451. The zero-order chi connectivity index (χ0) is 19.5. The van der Waals surface area contributed by atoms with E-state index in [1.165, 1.54) is 15.6 Å². The standard InChI is InChI=1S/C18H11N7O2S/c1-24-18(12(9-19)10-20-24)25-17(21-22-23-25)11-6-7-14-13-4-2-3-5-15(13)28(26,27)16(14)8-11/h2-8,10H,1H3. The molecule has 2 aromatic carbocycles. The second-order valence-corrected chi connectivity index (χ2v) is 8.13. The summed E-state index contributed by atoms with van der Waals surface area (Å²) in [5.41, 5.74) is 2.15. The predicted molar refractivity (Wildman–Crippen MR) is 97.0 cm³/mol. The number of nitrogens with zero attached hydrogens (tertiary/aromatic N) is 7. The van der Waals surface area contributed by atoms with Crippen LogP contribution in [0.25, 0.3) is 28.3 Å². The summed E-state index contributed by atoms with van der Waals surface area (Å²) in [6.45, 7) is 0. The van der Waals surface area contributed by atoms with Gasteiger partial charge in [-0.15, -0.1) is 5.10 Å². The number of fused-ring (bicyclic) bond motifs is 3. The summed E-state index contributed by atoms with van der Waals surface area (Å²) in [6.07, 6.45) is 1.42. The molecule has 0 saturated carbocycles. The van der Waals surface area contributed by atoms with Crippen LogP contribution in [0.15, 0.2) is 58.5 Å². The van der Waals surface area contributed by atoms with Gasteiger partial charge in [-0.3, -0.25) is 0 Å². The van der Waals surface area contributed by atoms with Gasteiger partial charge in [-0.1, -0.05) is 30.3 Å². The minimum atomic E-state index is -3.61. The monoisotopic (exact) mass is 389 g/mol. The number of tetrazole rings is 1. The molecule has 5 rings (SSSR count). The van der Waals surface area contributed by atoms with Gasteiger partial charge >= 0.3 is 0 Å². The molecule has 9 nitrogen and oxygen atoms in total. The van der Waals surface area contributed by atoms with Crippen LogP contribution >= 0.6 is 0 Å². The van der Waals surface area contributed by atoms with Crippen molar-refractivity contribution in [3.63, 3.8) is 0 Å². The first-order valence-electron chi connectivity index (χ1n) is 8.22. The lowest BCUT2D eigenvalue weighted by Crippen LogP contribution is -2.08. The van der Waals surface area contributed by atoms with Crippen molar-refractivity contribution in [2.45, 2.75) is 9.79 Å². The highest BCUT2D eigenvalue weighted by molar-refractivity contribution is 7.92. The van der Waals surface area contributed by atoms with Crippen molar-refractivity contribution in [1.82, 2.24) is 30.0 Å². The predicted octanol–water partition coefficient (Wildman–Crippen LogP) is 1.75. The molecule has 0 unspecified atom stereocenters. The third-order valence-electron chi connectivity index (χ3n) is 4.69. The van der Waals surface area contributed by atoms with Crippen LogP contribution in [-0.2, 0) is 16.9 Å². The zero-order valence-corrected chi connectivity index (χ0v) is 15.3. The molecular formula is C18H11N7O2S. The van der Waals surface area contributed by atoms with Gasteiger partial charge in [0.25, 0.3) is 0 Å². The third-order valence-corrected chi connectivity index (χ3v) is 6.55. The Bertz CT molecular complexity index is 1410. The second kappa shape index (κ2) is 5.58. The molecule has 1 aliphatic heterocycles. The van der Waals surface area contributed by atoms with Crippen LogP contribution in [-0.4, -0.2) is 38.4 Å². The van der Waals surface area contributed by atoms with Crippen LogP contribution in [0.3, 0.4) is 0 Å². The molecule has 0 aliphatic carbocycles. The first-order chi connectivity index (χ1) is 13.5. The average Bonchev–Trinajstić information content (AvgIpc) is 3.38. The van der Waals surface area contributed by atoms with Gasteiger partial charge in [0, 0.05) is 23.7 Å². The fourth-order valence-electron chi connectivity index (χ4n) is 3.42. The van der Waals surface area contributed by atoms with E-state index in [9.17, 15) is 13.7 Å². The number of sulfone groups is 1. The molecule has 0 amide bonds. The van der Waals surface area contributed by atoms with Crippen molar-refractivity contribution < 1.29 is 8.42 Å². The van der Waals surface area contributed by atoms with Gasteiger partial charge in [-0.2, -0.15) is 15.0 Å². The molecule has 0 atom stereocenters. The van der Waals surface area contributed by atoms with E-state index in [4.69, 9.17) is 0 Å². The number of aromatic nitrogens is 6. The highest BCUT2D eigenvalue weighted by Crippen LogP contribution is 2.44. The molecule has 0 radical (unpaired) electrons. The van der Waals surface area contributed by atoms with Crippen molar-refractivity contribution in [1.29, 1.82) is 5.26 Å². The molecule has 3 heterocycles. The van der Waals surface area contributed by atoms with E-state index in [-0.39, 0.29) is 4.90 Å². The summed E-state index contributed by atoms with van der Waals surface area (Å²) < 4.78 is 28.8. The van der Waals surface area contributed by atoms with Crippen LogP contribution < -0.4 is 0 Å². The van der Waals surface area contributed by atoms with Gasteiger partial charge < -0.3 is 0 Å². The number of nitriles is 1. The highest BCUT2D eigenvalue weighted by Gasteiger charge is 2.33. The van der Waals surface area contributed by atoms with Crippen molar-refractivity contribution in [3.05, 3.63) is 54.2 Å². The maximum Gasteiger partial charge on any atom is 0.207 e. The molecule has 28 heavy (non-hydrogen) atoms. The normalized spacial score (nSPS) is 13.7. The lowest BCUT2D eigenvalue weighted by molar-refractivity contribution is 0.598. The van der Waals surface area contributed by atoms with E-state index >= 15 is 0 Å². The average molecular weight is 389 g/mol. The highest BCUT2D eigenvalue weighted by atomic mass is 32.2. The fourth-order valence-corrected chi connectivity index (χ4v) is 5.13. The summed E-state index contributed by atoms with van der Waals surface area (Å²) in [4.78, 5) is 0.506. The number of rotatable bonds is 2. The van der Waals surface area contributed by atoms with Crippen LogP contribution in [0.2, 0.25) is 0 Å². The summed E-state index contributed by atoms with van der Waals surface area (Å²) in [6, 6.07) is 14.0. The minimum Gasteiger partial charge on any atom is -0.250 e. The van der Waals surface area contributed by atoms with Gasteiger partial charge in [-0.05, 0) is 22.6 Å². The molecule has 0 fully saturated rings. The number of aryl methyl sites for hydroxylation is 1. The molecule has 4 aromatic rings. The van der Waals surface area contributed by atoms with Gasteiger partial charge in [0.05, 0.1) is 16.0 Å². The Morgan fingerprint density at radius 1 is 1.07 bits per heavy atom. The largest absolute Gasteiger partial charge is 0.250 e. The first-order valence-corrected chi connectivity index (χ1v) is 9.70. The topological polar surface area (TPSA) is 119 Å². The summed E-state index contributed by atoms with van der Waals surface area (Å²) in [5, 5.41) is 25.1. The Hall–Kier alpha value is -3.84. The van der Waals surface area contributed by atoms with Crippen molar-refractivity contribution in [2.75, 3.05) is 0 Å². The van der Waals surface area contributed by atoms with E-state index < -0.39 is 9.84 Å². The number of benzene rings is 2. The molecule has 0 bridgehead atoms. The van der Waals surface area contributed by atoms with Crippen LogP contribution in [0, 0.1) is 11.3 Å². The Balaban J connectivity index is 1.72. The Morgan fingerprint density at radius 3 is 2.68 bits per heavy atom. The lowest BCUT2D eigenvalue weighted by Gasteiger charge is -2.07. The molecule has 0 N–H and O–H groups in total. The second-order valence-electron chi connectivity index (χ2n) is 6.24. The summed E-state index contributed by atoms with van der Waals surface area (Å²) in [5.74, 6) is 0.711. The molecule has 1 aliphatic rings. The van der Waals surface area contributed by atoms with Crippen LogP contribution in [0.5, 0.6) is 0 Å². The smallest absolute Gasteiger partial charge is 0.207 e. The summed E-state index contributed by atoms with van der Waals surface area (Å²) in [7, 11) is -1.94.